The number of nitrogens with zero attached hydrogens (tertiary/aromatic N) is 1. The van der Waals surface area contributed by atoms with Crippen LogP contribution in [0.15, 0.2) is 30.5 Å². The zero-order chi connectivity index (χ0) is 13.9. The van der Waals surface area contributed by atoms with E-state index in [4.69, 9.17) is 0 Å². The summed E-state index contributed by atoms with van der Waals surface area (Å²) in [5, 5.41) is 4.40. The summed E-state index contributed by atoms with van der Waals surface area (Å²) >= 11 is 0. The van der Waals surface area contributed by atoms with Gasteiger partial charge in [0, 0.05) is 37.6 Å². The highest BCUT2D eigenvalue weighted by Crippen LogP contribution is 2.16. The lowest BCUT2D eigenvalue weighted by atomic mass is 10.2. The Morgan fingerprint density at radius 2 is 2.00 bits per heavy atom. The average molecular weight is 280 g/mol. The third-order valence-corrected chi connectivity index (χ3v) is 4.05. The summed E-state index contributed by atoms with van der Waals surface area (Å²) in [6, 6.07) is 8.51. The van der Waals surface area contributed by atoms with Crippen LogP contribution < -0.4 is 5.32 Å². The SMILES string of the molecule is Cc1ccc2c(ccn2CCNCCS(C)(=O)=O)c1. The van der Waals surface area contributed by atoms with Gasteiger partial charge in [0.15, 0.2) is 0 Å². The summed E-state index contributed by atoms with van der Waals surface area (Å²) in [6.07, 6.45) is 3.33. The van der Waals surface area contributed by atoms with Crippen molar-refractivity contribution in [1.29, 1.82) is 0 Å². The summed E-state index contributed by atoms with van der Waals surface area (Å²) in [5.74, 6) is 0.193. The van der Waals surface area contributed by atoms with Gasteiger partial charge in [0.2, 0.25) is 0 Å². The fourth-order valence-electron chi connectivity index (χ4n) is 2.10. The molecule has 0 fully saturated rings. The van der Waals surface area contributed by atoms with Gasteiger partial charge in [0.1, 0.15) is 9.84 Å². The van der Waals surface area contributed by atoms with E-state index in [2.05, 4.69) is 47.3 Å². The zero-order valence-corrected chi connectivity index (χ0v) is 12.2. The summed E-state index contributed by atoms with van der Waals surface area (Å²) in [6.45, 7) is 4.21. The summed E-state index contributed by atoms with van der Waals surface area (Å²) in [4.78, 5) is 0. The third kappa shape index (κ3) is 4.08. The molecule has 0 atom stereocenters. The van der Waals surface area contributed by atoms with Gasteiger partial charge in [-0.3, -0.25) is 0 Å². The third-order valence-electron chi connectivity index (χ3n) is 3.11. The number of hydrogen-bond acceptors (Lipinski definition) is 3. The van der Waals surface area contributed by atoms with Crippen LogP contribution in [0.1, 0.15) is 5.56 Å². The molecule has 1 N–H and O–H groups in total. The molecule has 0 saturated carbocycles. The minimum Gasteiger partial charge on any atom is -0.346 e. The topological polar surface area (TPSA) is 51.1 Å². The largest absolute Gasteiger partial charge is 0.346 e. The van der Waals surface area contributed by atoms with E-state index in [0.717, 1.165) is 13.1 Å². The van der Waals surface area contributed by atoms with Gasteiger partial charge in [0.05, 0.1) is 5.75 Å². The molecular weight excluding hydrogens is 260 g/mol. The van der Waals surface area contributed by atoms with E-state index in [1.54, 1.807) is 0 Å². The van der Waals surface area contributed by atoms with Crippen LogP contribution in [0.2, 0.25) is 0 Å². The van der Waals surface area contributed by atoms with Crippen LogP contribution in [-0.4, -0.2) is 38.1 Å². The monoisotopic (exact) mass is 280 g/mol. The molecule has 0 spiro atoms. The normalized spacial score (nSPS) is 12.1. The van der Waals surface area contributed by atoms with E-state index in [9.17, 15) is 8.42 Å². The highest BCUT2D eigenvalue weighted by atomic mass is 32.2. The van der Waals surface area contributed by atoms with Crippen LogP contribution in [0, 0.1) is 6.92 Å². The van der Waals surface area contributed by atoms with Gasteiger partial charge in [-0.25, -0.2) is 8.42 Å². The highest BCUT2D eigenvalue weighted by Gasteiger charge is 2.02. The molecule has 5 heteroatoms. The number of rotatable bonds is 6. The Morgan fingerprint density at radius 1 is 1.21 bits per heavy atom. The first kappa shape index (κ1) is 14.1. The second-order valence-electron chi connectivity index (χ2n) is 4.95. The van der Waals surface area contributed by atoms with Crippen molar-refractivity contribution in [2.45, 2.75) is 13.5 Å². The number of aromatic nitrogens is 1. The Morgan fingerprint density at radius 3 is 2.74 bits per heavy atom. The van der Waals surface area contributed by atoms with Gasteiger partial charge in [-0.05, 0) is 30.5 Å². The molecule has 1 aromatic carbocycles. The van der Waals surface area contributed by atoms with Gasteiger partial charge in [-0.2, -0.15) is 0 Å². The van der Waals surface area contributed by atoms with Crippen molar-refractivity contribution < 1.29 is 8.42 Å². The fraction of sp³-hybridized carbons (Fsp3) is 0.429. The van der Waals surface area contributed by atoms with Crippen molar-refractivity contribution >= 4 is 20.7 Å². The number of hydrogen-bond donors (Lipinski definition) is 1. The van der Waals surface area contributed by atoms with E-state index < -0.39 is 9.84 Å². The van der Waals surface area contributed by atoms with Crippen molar-refractivity contribution in [3.05, 3.63) is 36.0 Å². The molecule has 0 radical (unpaired) electrons. The second kappa shape index (κ2) is 5.75. The van der Waals surface area contributed by atoms with E-state index >= 15 is 0 Å². The first-order valence-electron chi connectivity index (χ1n) is 6.40. The number of fused-ring (bicyclic) bond motifs is 1. The Balaban J connectivity index is 1.88. The molecule has 1 aromatic heterocycles. The van der Waals surface area contributed by atoms with Crippen molar-refractivity contribution in [2.24, 2.45) is 0 Å². The first-order valence-corrected chi connectivity index (χ1v) is 8.46. The molecule has 19 heavy (non-hydrogen) atoms. The van der Waals surface area contributed by atoms with E-state index in [1.165, 1.54) is 22.7 Å². The maximum Gasteiger partial charge on any atom is 0.148 e. The lowest BCUT2D eigenvalue weighted by Crippen LogP contribution is -2.25. The van der Waals surface area contributed by atoms with Crippen LogP contribution >= 0.6 is 0 Å². The number of nitrogens with one attached hydrogen (secondary N) is 1. The van der Waals surface area contributed by atoms with Crippen molar-refractivity contribution in [2.75, 3.05) is 25.1 Å². The minimum atomic E-state index is -2.87. The molecule has 2 rings (SSSR count). The van der Waals surface area contributed by atoms with E-state index in [1.807, 2.05) is 0 Å². The van der Waals surface area contributed by atoms with Crippen molar-refractivity contribution in [3.8, 4) is 0 Å². The molecule has 0 amide bonds. The molecule has 104 valence electrons. The lowest BCUT2D eigenvalue weighted by molar-refractivity contribution is 0.589. The molecule has 0 aliphatic heterocycles. The standard InChI is InChI=1S/C14H20N2O2S/c1-12-3-4-14-13(11-12)5-8-16(14)9-6-15-7-10-19(2,17)18/h3-5,8,11,15H,6-7,9-10H2,1-2H3. The lowest BCUT2D eigenvalue weighted by Gasteiger charge is -2.07. The average Bonchev–Trinajstić information content (AvgIpc) is 2.69. The van der Waals surface area contributed by atoms with Crippen molar-refractivity contribution in [1.82, 2.24) is 9.88 Å². The van der Waals surface area contributed by atoms with Crippen LogP contribution in [-0.2, 0) is 16.4 Å². The van der Waals surface area contributed by atoms with Gasteiger partial charge in [-0.1, -0.05) is 11.6 Å². The van der Waals surface area contributed by atoms with Gasteiger partial charge >= 0.3 is 0 Å². The van der Waals surface area contributed by atoms with Gasteiger partial charge < -0.3 is 9.88 Å². The van der Waals surface area contributed by atoms with Gasteiger partial charge in [-0.15, -0.1) is 0 Å². The maximum absolute atomic E-state index is 11.0. The fourth-order valence-corrected chi connectivity index (χ4v) is 2.61. The first-order chi connectivity index (χ1) is 8.96. The molecule has 2 aromatic rings. The zero-order valence-electron chi connectivity index (χ0n) is 11.4. The van der Waals surface area contributed by atoms with Crippen LogP contribution in [0.25, 0.3) is 10.9 Å². The van der Waals surface area contributed by atoms with Gasteiger partial charge in [0.25, 0.3) is 0 Å². The summed E-state index contributed by atoms with van der Waals surface area (Å²) in [5.41, 5.74) is 2.48. The quantitative estimate of drug-likeness (QED) is 0.817. The maximum atomic E-state index is 11.0. The minimum absolute atomic E-state index is 0.193. The van der Waals surface area contributed by atoms with E-state index in [-0.39, 0.29) is 5.75 Å². The number of aryl methyl sites for hydroxylation is 1. The smallest absolute Gasteiger partial charge is 0.148 e. The molecule has 0 saturated heterocycles. The molecule has 4 nitrogen and oxygen atoms in total. The highest BCUT2D eigenvalue weighted by molar-refractivity contribution is 7.90. The molecule has 0 aliphatic rings. The van der Waals surface area contributed by atoms with Crippen molar-refractivity contribution in [3.63, 3.8) is 0 Å². The Bertz CT molecular complexity index is 659. The molecule has 0 bridgehead atoms. The summed E-state index contributed by atoms with van der Waals surface area (Å²) < 4.78 is 24.2. The predicted octanol–water partition coefficient (Wildman–Crippen LogP) is 1.58. The second-order valence-corrected chi connectivity index (χ2v) is 7.21. The molecular formula is C14H20N2O2S. The van der Waals surface area contributed by atoms with Crippen LogP contribution in [0.5, 0.6) is 0 Å². The number of sulfone groups is 1. The Labute approximate surface area is 114 Å². The molecule has 1 heterocycles. The van der Waals surface area contributed by atoms with Crippen LogP contribution in [0.3, 0.4) is 0 Å². The van der Waals surface area contributed by atoms with Crippen LogP contribution in [0.4, 0.5) is 0 Å². The number of benzene rings is 1. The van der Waals surface area contributed by atoms with E-state index in [0.29, 0.717) is 6.54 Å². The predicted molar refractivity (Wildman–Crippen MR) is 79.3 cm³/mol. The Hall–Kier alpha value is -1.33. The molecule has 0 aliphatic carbocycles. The molecule has 0 unspecified atom stereocenters. The Kier molecular flexibility index (Phi) is 4.27. The summed E-state index contributed by atoms with van der Waals surface area (Å²) in [7, 11) is -2.87.